The number of hydrogen-bond donors (Lipinski definition) is 2. The molecular formula is C17H19N3O5. The number of amides is 1. The lowest BCUT2D eigenvalue weighted by Crippen LogP contribution is -2.22. The Bertz CT molecular complexity index is 689. The summed E-state index contributed by atoms with van der Waals surface area (Å²) in [4.78, 5) is 34.7. The summed E-state index contributed by atoms with van der Waals surface area (Å²) in [5.74, 6) is -1.60. The number of carbonyl (C=O) groups excluding carboxylic acids is 3. The number of nitriles is 1. The second-order valence-electron chi connectivity index (χ2n) is 4.61. The van der Waals surface area contributed by atoms with Crippen molar-refractivity contribution in [2.75, 3.05) is 25.1 Å². The molecule has 0 radical (unpaired) electrons. The highest BCUT2D eigenvalue weighted by molar-refractivity contribution is 6.06. The molecule has 25 heavy (non-hydrogen) atoms. The van der Waals surface area contributed by atoms with Gasteiger partial charge in [-0.15, -0.1) is 0 Å². The minimum absolute atomic E-state index is 0.152. The third-order valence-electron chi connectivity index (χ3n) is 2.82. The van der Waals surface area contributed by atoms with E-state index in [0.717, 1.165) is 6.20 Å². The molecule has 1 amide bonds. The topological polar surface area (TPSA) is 118 Å². The summed E-state index contributed by atoms with van der Waals surface area (Å²) in [7, 11) is 0. The molecule has 1 aromatic carbocycles. The Labute approximate surface area is 145 Å². The maximum absolute atomic E-state index is 12.0. The van der Waals surface area contributed by atoms with E-state index in [0.29, 0.717) is 11.3 Å². The highest BCUT2D eigenvalue weighted by Crippen LogP contribution is 2.11. The minimum atomic E-state index is -0.650. The van der Waals surface area contributed by atoms with E-state index in [2.05, 4.69) is 10.6 Å². The summed E-state index contributed by atoms with van der Waals surface area (Å²) in [6, 6.07) is 7.78. The molecular weight excluding hydrogens is 326 g/mol. The maximum atomic E-state index is 12.0. The van der Waals surface area contributed by atoms with Crippen molar-refractivity contribution in [3.05, 3.63) is 41.6 Å². The van der Waals surface area contributed by atoms with Gasteiger partial charge in [0.25, 0.3) is 5.91 Å². The van der Waals surface area contributed by atoms with Gasteiger partial charge < -0.3 is 20.1 Å². The van der Waals surface area contributed by atoms with Crippen LogP contribution in [-0.2, 0) is 19.1 Å². The Balaban J connectivity index is 2.65. The molecule has 0 unspecified atom stereocenters. The first-order valence-corrected chi connectivity index (χ1v) is 7.59. The van der Waals surface area contributed by atoms with Crippen molar-refractivity contribution in [1.82, 2.24) is 5.32 Å². The lowest BCUT2D eigenvalue weighted by Gasteiger charge is -2.06. The molecule has 2 N–H and O–H groups in total. The first-order valence-electron chi connectivity index (χ1n) is 7.59. The van der Waals surface area contributed by atoms with Crippen molar-refractivity contribution in [2.45, 2.75) is 13.8 Å². The fourth-order valence-corrected chi connectivity index (χ4v) is 1.70. The number of nitrogens with zero attached hydrogens (tertiary/aromatic N) is 1. The number of nitrogens with one attached hydrogen (secondary N) is 2. The maximum Gasteiger partial charge on any atom is 0.338 e. The van der Waals surface area contributed by atoms with E-state index in [9.17, 15) is 14.4 Å². The number of rotatable bonds is 8. The van der Waals surface area contributed by atoms with Gasteiger partial charge >= 0.3 is 11.9 Å². The van der Waals surface area contributed by atoms with Gasteiger partial charge in [-0.2, -0.15) is 5.26 Å². The third-order valence-corrected chi connectivity index (χ3v) is 2.82. The molecule has 0 atom stereocenters. The van der Waals surface area contributed by atoms with E-state index in [4.69, 9.17) is 14.7 Å². The normalized spacial score (nSPS) is 10.4. The van der Waals surface area contributed by atoms with E-state index in [1.165, 1.54) is 24.3 Å². The lowest BCUT2D eigenvalue weighted by atomic mass is 10.2. The quantitative estimate of drug-likeness (QED) is 0.415. The SMILES string of the molecule is CCOC(=O)CN/C=C(/C#N)C(=O)Nc1ccc(C(=O)OCC)cc1. The van der Waals surface area contributed by atoms with Gasteiger partial charge in [-0.1, -0.05) is 0 Å². The Morgan fingerprint density at radius 1 is 1.12 bits per heavy atom. The lowest BCUT2D eigenvalue weighted by molar-refractivity contribution is -0.141. The Morgan fingerprint density at radius 3 is 2.32 bits per heavy atom. The first kappa shape index (κ1) is 19.7. The molecule has 132 valence electrons. The highest BCUT2D eigenvalue weighted by Gasteiger charge is 2.11. The molecule has 0 heterocycles. The number of esters is 2. The van der Waals surface area contributed by atoms with E-state index in [1.54, 1.807) is 19.9 Å². The van der Waals surface area contributed by atoms with E-state index >= 15 is 0 Å². The van der Waals surface area contributed by atoms with Crippen LogP contribution < -0.4 is 10.6 Å². The molecule has 0 bridgehead atoms. The van der Waals surface area contributed by atoms with Gasteiger partial charge in [-0.3, -0.25) is 9.59 Å². The van der Waals surface area contributed by atoms with Crippen molar-refractivity contribution >= 4 is 23.5 Å². The van der Waals surface area contributed by atoms with Gasteiger partial charge in [0.15, 0.2) is 0 Å². The van der Waals surface area contributed by atoms with Crippen LogP contribution in [0.25, 0.3) is 0 Å². The Hall–Kier alpha value is -3.34. The largest absolute Gasteiger partial charge is 0.465 e. The second kappa shape index (κ2) is 10.4. The fourth-order valence-electron chi connectivity index (χ4n) is 1.70. The van der Waals surface area contributed by atoms with Gasteiger partial charge in [0.05, 0.1) is 18.8 Å². The summed E-state index contributed by atoms with van der Waals surface area (Å²) in [6.45, 7) is 3.75. The van der Waals surface area contributed by atoms with E-state index in [1.807, 2.05) is 0 Å². The van der Waals surface area contributed by atoms with Crippen molar-refractivity contribution in [1.29, 1.82) is 5.26 Å². The average Bonchev–Trinajstić information content (AvgIpc) is 2.59. The Morgan fingerprint density at radius 2 is 1.76 bits per heavy atom. The van der Waals surface area contributed by atoms with Crippen LogP contribution in [0.4, 0.5) is 5.69 Å². The summed E-state index contributed by atoms with van der Waals surface area (Å²) >= 11 is 0. The average molecular weight is 345 g/mol. The summed E-state index contributed by atoms with van der Waals surface area (Å²) in [5, 5.41) is 14.1. The van der Waals surface area contributed by atoms with Crippen molar-refractivity contribution in [3.63, 3.8) is 0 Å². The smallest absolute Gasteiger partial charge is 0.338 e. The van der Waals surface area contributed by atoms with E-state index < -0.39 is 17.8 Å². The van der Waals surface area contributed by atoms with Crippen LogP contribution in [0.2, 0.25) is 0 Å². The van der Waals surface area contributed by atoms with Crippen LogP contribution in [0.5, 0.6) is 0 Å². The molecule has 8 nitrogen and oxygen atoms in total. The first-order chi connectivity index (χ1) is 12.0. The van der Waals surface area contributed by atoms with Crippen LogP contribution in [0.15, 0.2) is 36.0 Å². The van der Waals surface area contributed by atoms with Gasteiger partial charge in [-0.05, 0) is 38.1 Å². The molecule has 1 aromatic rings. The number of carbonyl (C=O) groups is 3. The molecule has 1 rings (SSSR count). The summed E-state index contributed by atoms with van der Waals surface area (Å²) in [5.41, 5.74) is 0.551. The molecule has 0 fully saturated rings. The third kappa shape index (κ3) is 6.74. The molecule has 8 heteroatoms. The van der Waals surface area contributed by atoms with Crippen molar-refractivity contribution < 1.29 is 23.9 Å². The van der Waals surface area contributed by atoms with Crippen LogP contribution >= 0.6 is 0 Å². The predicted octanol–water partition coefficient (Wildman–Crippen LogP) is 1.36. The number of ether oxygens (including phenoxy) is 2. The zero-order chi connectivity index (χ0) is 18.7. The van der Waals surface area contributed by atoms with Crippen LogP contribution in [0.3, 0.4) is 0 Å². The van der Waals surface area contributed by atoms with Crippen molar-refractivity contribution in [3.8, 4) is 6.07 Å². The standard InChI is InChI=1S/C17H19N3O5/c1-3-24-15(21)11-19-10-13(9-18)16(22)20-14-7-5-12(6-8-14)17(23)25-4-2/h5-8,10,19H,3-4,11H2,1-2H3,(H,20,22)/b13-10-. The molecule has 0 spiro atoms. The zero-order valence-electron chi connectivity index (χ0n) is 14.0. The second-order valence-corrected chi connectivity index (χ2v) is 4.61. The van der Waals surface area contributed by atoms with Gasteiger partial charge in [0.2, 0.25) is 0 Å². The highest BCUT2D eigenvalue weighted by atomic mass is 16.5. The monoisotopic (exact) mass is 345 g/mol. The zero-order valence-corrected chi connectivity index (χ0v) is 14.0. The molecule has 0 saturated heterocycles. The van der Waals surface area contributed by atoms with Crippen LogP contribution in [-0.4, -0.2) is 37.6 Å². The predicted molar refractivity (Wildman–Crippen MR) is 89.4 cm³/mol. The van der Waals surface area contributed by atoms with E-state index in [-0.39, 0.29) is 25.3 Å². The van der Waals surface area contributed by atoms with Gasteiger partial charge in [-0.25, -0.2) is 4.79 Å². The van der Waals surface area contributed by atoms with Gasteiger partial charge in [0.1, 0.15) is 18.2 Å². The summed E-state index contributed by atoms with van der Waals surface area (Å²) < 4.78 is 9.57. The van der Waals surface area contributed by atoms with Crippen LogP contribution in [0, 0.1) is 11.3 Å². The molecule has 0 aliphatic heterocycles. The molecule has 0 aliphatic rings. The Kier molecular flexibility index (Phi) is 8.23. The van der Waals surface area contributed by atoms with Crippen molar-refractivity contribution in [2.24, 2.45) is 0 Å². The fraction of sp³-hybridized carbons (Fsp3) is 0.294. The van der Waals surface area contributed by atoms with Gasteiger partial charge in [0, 0.05) is 11.9 Å². The molecule has 0 aromatic heterocycles. The molecule has 0 aliphatic carbocycles. The summed E-state index contributed by atoms with van der Waals surface area (Å²) in [6.07, 6.45) is 1.14. The number of benzene rings is 1. The number of anilines is 1. The number of hydrogen-bond acceptors (Lipinski definition) is 7. The van der Waals surface area contributed by atoms with Crippen LogP contribution in [0.1, 0.15) is 24.2 Å². The molecule has 0 saturated carbocycles. The minimum Gasteiger partial charge on any atom is -0.465 e.